The van der Waals surface area contributed by atoms with Crippen LogP contribution < -0.4 is 10.1 Å². The van der Waals surface area contributed by atoms with Crippen LogP contribution in [0.4, 0.5) is 5.69 Å². The molecule has 8 heteroatoms. The van der Waals surface area contributed by atoms with Gasteiger partial charge in [-0.15, -0.1) is 0 Å². The van der Waals surface area contributed by atoms with Gasteiger partial charge in [-0.1, -0.05) is 12.1 Å². The molecule has 0 aliphatic carbocycles. The predicted molar refractivity (Wildman–Crippen MR) is 95.6 cm³/mol. The Morgan fingerprint density at radius 1 is 1.27 bits per heavy atom. The second kappa shape index (κ2) is 8.48. The lowest BCUT2D eigenvalue weighted by Gasteiger charge is -2.19. The third-order valence-electron chi connectivity index (χ3n) is 3.76. The van der Waals surface area contributed by atoms with Crippen LogP contribution in [0.2, 0.25) is 0 Å². The lowest BCUT2D eigenvalue weighted by Crippen LogP contribution is -2.35. The van der Waals surface area contributed by atoms with Gasteiger partial charge in [0, 0.05) is 12.8 Å². The molecule has 0 saturated carbocycles. The second-order valence-electron chi connectivity index (χ2n) is 6.03. The van der Waals surface area contributed by atoms with Crippen LogP contribution in [-0.4, -0.2) is 46.6 Å². The van der Waals surface area contributed by atoms with Crippen LogP contribution in [0, 0.1) is 0 Å². The molecule has 2 N–H and O–H groups in total. The molecule has 0 aliphatic heterocycles. The van der Waals surface area contributed by atoms with Crippen LogP contribution in [0.25, 0.3) is 0 Å². The number of benzene rings is 1. The van der Waals surface area contributed by atoms with E-state index in [0.29, 0.717) is 36.8 Å². The average Bonchev–Trinajstić information content (AvgIpc) is 3.08. The normalized spacial score (nSPS) is 11.2. The van der Waals surface area contributed by atoms with E-state index in [9.17, 15) is 14.7 Å². The molecule has 0 aliphatic rings. The monoisotopic (exact) mass is 361 g/mol. The number of aromatic nitrogens is 2. The summed E-state index contributed by atoms with van der Waals surface area (Å²) in [5, 5.41) is 16.0. The topological polar surface area (TPSA) is 103 Å². The largest absolute Gasteiger partial charge is 0.490 e. The molecule has 0 spiro atoms. The van der Waals surface area contributed by atoms with Crippen molar-refractivity contribution in [2.45, 2.75) is 26.3 Å². The first-order valence-corrected chi connectivity index (χ1v) is 8.25. The summed E-state index contributed by atoms with van der Waals surface area (Å²) >= 11 is 0. The van der Waals surface area contributed by atoms with Crippen LogP contribution in [-0.2, 0) is 15.1 Å². The Bertz CT molecular complexity index is 770. The van der Waals surface area contributed by atoms with Crippen LogP contribution in [0.1, 0.15) is 31.1 Å². The van der Waals surface area contributed by atoms with Gasteiger partial charge in [0.05, 0.1) is 24.1 Å². The molecule has 2 rings (SSSR count). The van der Waals surface area contributed by atoms with E-state index >= 15 is 0 Å². The quantitative estimate of drug-likeness (QED) is 0.665. The number of para-hydroxylation sites is 1. The molecule has 8 nitrogen and oxygen atoms in total. The van der Waals surface area contributed by atoms with Crippen molar-refractivity contribution < 1.29 is 24.2 Å². The number of nitrogens with zero attached hydrogens (tertiary/aromatic N) is 2. The lowest BCUT2D eigenvalue weighted by atomic mass is 10.1. The van der Waals surface area contributed by atoms with Crippen molar-refractivity contribution in [3.8, 4) is 5.75 Å². The molecular formula is C18H23N3O5. The maximum absolute atomic E-state index is 12.5. The number of rotatable bonds is 9. The zero-order chi connectivity index (χ0) is 19.2. The number of nitrogens with one attached hydrogen (secondary N) is 1. The van der Waals surface area contributed by atoms with Crippen molar-refractivity contribution in [2.75, 3.05) is 25.1 Å². The van der Waals surface area contributed by atoms with E-state index in [0.717, 1.165) is 0 Å². The van der Waals surface area contributed by atoms with Crippen molar-refractivity contribution in [3.05, 3.63) is 42.2 Å². The third-order valence-corrected chi connectivity index (χ3v) is 3.76. The number of hydrogen-bond donors (Lipinski definition) is 2. The van der Waals surface area contributed by atoms with E-state index < -0.39 is 11.5 Å². The van der Waals surface area contributed by atoms with E-state index in [1.807, 2.05) is 6.92 Å². The van der Waals surface area contributed by atoms with Gasteiger partial charge in [0.15, 0.2) is 5.54 Å². The van der Waals surface area contributed by atoms with Gasteiger partial charge in [0.1, 0.15) is 12.4 Å². The van der Waals surface area contributed by atoms with Gasteiger partial charge in [0.2, 0.25) is 0 Å². The number of carbonyl (C=O) groups excluding carboxylic acids is 1. The van der Waals surface area contributed by atoms with Gasteiger partial charge in [-0.05, 0) is 32.9 Å². The molecule has 1 amide bonds. The maximum Gasteiger partial charge on any atom is 0.331 e. The number of carboxylic acids is 1. The summed E-state index contributed by atoms with van der Waals surface area (Å²) in [5.41, 5.74) is -0.453. The number of hydrogen-bond acceptors (Lipinski definition) is 5. The number of amides is 1. The Kier molecular flexibility index (Phi) is 6.35. The minimum atomic E-state index is -1.22. The molecule has 0 unspecified atom stereocenters. The molecule has 2 aromatic rings. The Labute approximate surface area is 151 Å². The highest BCUT2D eigenvalue weighted by Gasteiger charge is 2.30. The molecule has 26 heavy (non-hydrogen) atoms. The molecular weight excluding hydrogens is 338 g/mol. The molecule has 0 radical (unpaired) electrons. The first-order valence-electron chi connectivity index (χ1n) is 8.25. The molecule has 1 aromatic carbocycles. The Hall–Kier alpha value is -2.87. The van der Waals surface area contributed by atoms with Crippen LogP contribution in [0.5, 0.6) is 5.75 Å². The minimum absolute atomic E-state index is 0.336. The lowest BCUT2D eigenvalue weighted by molar-refractivity contribution is -0.146. The van der Waals surface area contributed by atoms with Gasteiger partial charge in [-0.3, -0.25) is 9.48 Å². The van der Waals surface area contributed by atoms with E-state index in [1.54, 1.807) is 24.3 Å². The zero-order valence-corrected chi connectivity index (χ0v) is 15.1. The molecule has 0 atom stereocenters. The standard InChI is InChI=1S/C18H23N3O5/c1-4-25-9-10-26-15-8-6-5-7-14(15)16(22)20-13-11-19-21(12-13)18(2,3)17(23)24/h5-8,11-12H,4,9-10H2,1-3H3,(H,20,22)(H,23,24). The molecule has 140 valence electrons. The summed E-state index contributed by atoms with van der Waals surface area (Å²) in [4.78, 5) is 23.8. The van der Waals surface area contributed by atoms with Gasteiger partial charge in [-0.25, -0.2) is 4.79 Å². The Morgan fingerprint density at radius 3 is 2.69 bits per heavy atom. The zero-order valence-electron chi connectivity index (χ0n) is 15.1. The number of ether oxygens (including phenoxy) is 2. The average molecular weight is 361 g/mol. The van der Waals surface area contributed by atoms with E-state index in [1.165, 1.54) is 30.9 Å². The summed E-state index contributed by atoms with van der Waals surface area (Å²) < 4.78 is 12.1. The smallest absolute Gasteiger partial charge is 0.331 e. The van der Waals surface area contributed by atoms with Crippen LogP contribution >= 0.6 is 0 Å². The fourth-order valence-electron chi connectivity index (χ4n) is 2.12. The van der Waals surface area contributed by atoms with Crippen LogP contribution in [0.15, 0.2) is 36.7 Å². The van der Waals surface area contributed by atoms with Crippen molar-refractivity contribution in [3.63, 3.8) is 0 Å². The van der Waals surface area contributed by atoms with Gasteiger partial charge >= 0.3 is 5.97 Å². The number of carbonyl (C=O) groups is 2. The second-order valence-corrected chi connectivity index (χ2v) is 6.03. The number of aliphatic carboxylic acids is 1. The van der Waals surface area contributed by atoms with Crippen molar-refractivity contribution in [2.24, 2.45) is 0 Å². The maximum atomic E-state index is 12.5. The van der Waals surface area contributed by atoms with E-state index in [-0.39, 0.29) is 5.91 Å². The summed E-state index contributed by atoms with van der Waals surface area (Å²) in [7, 11) is 0. The highest BCUT2D eigenvalue weighted by Crippen LogP contribution is 2.21. The fraction of sp³-hybridized carbons (Fsp3) is 0.389. The van der Waals surface area contributed by atoms with Crippen molar-refractivity contribution in [1.29, 1.82) is 0 Å². The molecule has 0 fully saturated rings. The van der Waals surface area contributed by atoms with E-state index in [4.69, 9.17) is 9.47 Å². The van der Waals surface area contributed by atoms with Crippen molar-refractivity contribution in [1.82, 2.24) is 9.78 Å². The third kappa shape index (κ3) is 4.60. The van der Waals surface area contributed by atoms with Gasteiger partial charge < -0.3 is 19.9 Å². The highest BCUT2D eigenvalue weighted by molar-refractivity contribution is 6.06. The first-order chi connectivity index (χ1) is 12.4. The molecule has 0 bridgehead atoms. The summed E-state index contributed by atoms with van der Waals surface area (Å²) in [5.74, 6) is -0.945. The molecule has 0 saturated heterocycles. The Balaban J connectivity index is 2.09. The fourth-order valence-corrected chi connectivity index (χ4v) is 2.12. The predicted octanol–water partition coefficient (Wildman–Crippen LogP) is 2.37. The van der Waals surface area contributed by atoms with E-state index in [2.05, 4.69) is 10.4 Å². The van der Waals surface area contributed by atoms with Gasteiger partial charge in [-0.2, -0.15) is 5.10 Å². The molecule has 1 aromatic heterocycles. The van der Waals surface area contributed by atoms with Gasteiger partial charge in [0.25, 0.3) is 5.91 Å². The summed E-state index contributed by atoms with van der Waals surface area (Å²) in [6, 6.07) is 6.87. The van der Waals surface area contributed by atoms with Crippen molar-refractivity contribution >= 4 is 17.6 Å². The molecule has 1 heterocycles. The highest BCUT2D eigenvalue weighted by atomic mass is 16.5. The van der Waals surface area contributed by atoms with Crippen LogP contribution in [0.3, 0.4) is 0 Å². The minimum Gasteiger partial charge on any atom is -0.490 e. The first kappa shape index (κ1) is 19.5. The Morgan fingerprint density at radius 2 is 2.00 bits per heavy atom. The summed E-state index contributed by atoms with van der Waals surface area (Å²) in [6.45, 7) is 6.31. The summed E-state index contributed by atoms with van der Waals surface area (Å²) in [6.07, 6.45) is 2.88. The SMILES string of the molecule is CCOCCOc1ccccc1C(=O)Nc1cnn(C(C)(C)C(=O)O)c1. The number of carboxylic acid groups (broad SMARTS) is 1. The number of anilines is 1.